The summed E-state index contributed by atoms with van der Waals surface area (Å²) in [7, 11) is -3.24. The highest BCUT2D eigenvalue weighted by atomic mass is 35.5. The molecule has 9 heteroatoms. The molecule has 0 N–H and O–H groups in total. The van der Waals surface area contributed by atoms with Crippen LogP contribution in [0, 0.1) is 11.6 Å². The van der Waals surface area contributed by atoms with Crippen LogP contribution >= 0.6 is 23.4 Å². The lowest BCUT2D eigenvalue weighted by Crippen LogP contribution is -2.39. The van der Waals surface area contributed by atoms with Crippen LogP contribution in [-0.2, 0) is 15.6 Å². The van der Waals surface area contributed by atoms with Crippen LogP contribution in [0.15, 0.2) is 47.5 Å². The van der Waals surface area contributed by atoms with E-state index in [2.05, 4.69) is 4.99 Å². The van der Waals surface area contributed by atoms with Crippen molar-refractivity contribution < 1.29 is 17.2 Å². The van der Waals surface area contributed by atoms with Crippen LogP contribution in [-0.4, -0.2) is 37.2 Å². The van der Waals surface area contributed by atoms with Gasteiger partial charge in [0.1, 0.15) is 11.6 Å². The van der Waals surface area contributed by atoms with E-state index < -0.39 is 33.6 Å². The van der Waals surface area contributed by atoms with Crippen molar-refractivity contribution in [1.29, 1.82) is 0 Å². The molecule has 4 nitrogen and oxygen atoms in total. The van der Waals surface area contributed by atoms with Gasteiger partial charge in [0, 0.05) is 16.8 Å². The minimum Gasteiger partial charge on any atom is -0.312 e. The smallest absolute Gasteiger partial charge is 0.164 e. The van der Waals surface area contributed by atoms with Crippen LogP contribution in [0.2, 0.25) is 5.02 Å². The van der Waals surface area contributed by atoms with E-state index in [-0.39, 0.29) is 17.2 Å². The topological polar surface area (TPSA) is 49.7 Å². The number of thioether (sulfide) groups is 1. The first-order valence-corrected chi connectivity index (χ1v) is 11.4. The van der Waals surface area contributed by atoms with E-state index in [0.29, 0.717) is 15.9 Å². The average molecular weight is 429 g/mol. The standard InChI is InChI=1S/C18H15ClF2N2O2S2/c19-12-3-1-2-11(6-12)8-26-18-22-15-9-27(24,25)10-17(15)23(18)16-5-4-13(20)7-14(16)21/h1-7,15,17H,8-10H2/t15-,17-/m0/s1. The Morgan fingerprint density at radius 3 is 2.74 bits per heavy atom. The number of hydrogen-bond acceptors (Lipinski definition) is 5. The van der Waals surface area contributed by atoms with Crippen LogP contribution < -0.4 is 4.90 Å². The molecule has 0 amide bonds. The Labute approximate surface area is 165 Å². The van der Waals surface area contributed by atoms with Crippen molar-refractivity contribution >= 4 is 44.1 Å². The first-order valence-electron chi connectivity index (χ1n) is 8.22. The third-order valence-corrected chi connectivity index (χ3v) is 7.51. The van der Waals surface area contributed by atoms with Gasteiger partial charge in [-0.15, -0.1) is 0 Å². The zero-order valence-electron chi connectivity index (χ0n) is 14.0. The summed E-state index contributed by atoms with van der Waals surface area (Å²) in [6.07, 6.45) is 0. The van der Waals surface area contributed by atoms with Crippen molar-refractivity contribution in [3.63, 3.8) is 0 Å². The summed E-state index contributed by atoms with van der Waals surface area (Å²) < 4.78 is 51.8. The Morgan fingerprint density at radius 2 is 2.00 bits per heavy atom. The van der Waals surface area contributed by atoms with Crippen LogP contribution in [0.25, 0.3) is 0 Å². The molecule has 2 heterocycles. The molecule has 2 atom stereocenters. The molecular weight excluding hydrogens is 414 g/mol. The minimum atomic E-state index is -3.24. The van der Waals surface area contributed by atoms with E-state index in [1.165, 1.54) is 17.8 Å². The number of fused-ring (bicyclic) bond motifs is 1. The minimum absolute atomic E-state index is 0.0573. The maximum Gasteiger partial charge on any atom is 0.164 e. The van der Waals surface area contributed by atoms with Crippen LogP contribution in [0.3, 0.4) is 0 Å². The summed E-state index contributed by atoms with van der Waals surface area (Å²) in [5.74, 6) is -1.03. The predicted octanol–water partition coefficient (Wildman–Crippen LogP) is 3.89. The van der Waals surface area contributed by atoms with Gasteiger partial charge in [0.15, 0.2) is 15.0 Å². The van der Waals surface area contributed by atoms with Crippen molar-refractivity contribution in [2.24, 2.45) is 4.99 Å². The maximum atomic E-state index is 14.4. The highest BCUT2D eigenvalue weighted by Gasteiger charge is 2.47. The molecule has 0 spiro atoms. The number of aliphatic imine (C=N–C) groups is 1. The number of halogens is 3. The van der Waals surface area contributed by atoms with Gasteiger partial charge < -0.3 is 4.90 Å². The fourth-order valence-corrected chi connectivity index (χ4v) is 6.48. The third-order valence-electron chi connectivity index (χ3n) is 4.53. The van der Waals surface area contributed by atoms with Gasteiger partial charge in [-0.3, -0.25) is 4.99 Å². The van der Waals surface area contributed by atoms with Crippen molar-refractivity contribution in [2.75, 3.05) is 16.4 Å². The van der Waals surface area contributed by atoms with Gasteiger partial charge in [0.25, 0.3) is 0 Å². The molecule has 0 aliphatic carbocycles. The van der Waals surface area contributed by atoms with E-state index in [9.17, 15) is 17.2 Å². The molecule has 2 aromatic carbocycles. The number of amidine groups is 1. The fraction of sp³-hybridized carbons (Fsp3) is 0.278. The average Bonchev–Trinajstić information content (AvgIpc) is 3.05. The molecule has 1 saturated heterocycles. The van der Waals surface area contributed by atoms with Crippen molar-refractivity contribution in [3.8, 4) is 0 Å². The second kappa shape index (κ2) is 7.07. The number of hydrogen-bond donors (Lipinski definition) is 0. The first-order chi connectivity index (χ1) is 12.8. The molecule has 0 radical (unpaired) electrons. The molecule has 1 fully saturated rings. The van der Waals surface area contributed by atoms with Gasteiger partial charge in [-0.25, -0.2) is 17.2 Å². The van der Waals surface area contributed by atoms with Crippen molar-refractivity contribution in [2.45, 2.75) is 17.8 Å². The SMILES string of the molecule is O=S1(=O)C[C@@H]2N=C(SCc3cccc(Cl)c3)N(c3ccc(F)cc3F)[C@H]2C1. The van der Waals surface area contributed by atoms with Gasteiger partial charge in [-0.1, -0.05) is 35.5 Å². The lowest BCUT2D eigenvalue weighted by molar-refractivity contribution is 0.577. The summed E-state index contributed by atoms with van der Waals surface area (Å²) >= 11 is 7.39. The molecule has 27 heavy (non-hydrogen) atoms. The normalized spacial score (nSPS) is 23.4. The zero-order chi connectivity index (χ0) is 19.2. The van der Waals surface area contributed by atoms with Crippen LogP contribution in [0.1, 0.15) is 5.56 Å². The van der Waals surface area contributed by atoms with Gasteiger partial charge in [0.2, 0.25) is 0 Å². The van der Waals surface area contributed by atoms with E-state index in [0.717, 1.165) is 17.7 Å². The van der Waals surface area contributed by atoms with Gasteiger partial charge >= 0.3 is 0 Å². The second-order valence-electron chi connectivity index (χ2n) is 6.51. The molecule has 142 valence electrons. The Morgan fingerprint density at radius 1 is 1.19 bits per heavy atom. The van der Waals surface area contributed by atoms with E-state index in [4.69, 9.17) is 11.6 Å². The molecule has 2 aliphatic rings. The summed E-state index contributed by atoms with van der Waals surface area (Å²) in [4.78, 5) is 6.13. The molecule has 0 unspecified atom stereocenters. The Kier molecular flexibility index (Phi) is 4.90. The summed E-state index contributed by atoms with van der Waals surface area (Å²) in [6, 6.07) is 9.73. The number of benzene rings is 2. The molecule has 2 aliphatic heterocycles. The predicted molar refractivity (Wildman–Crippen MR) is 105 cm³/mol. The van der Waals surface area contributed by atoms with E-state index >= 15 is 0 Å². The highest BCUT2D eigenvalue weighted by Crippen LogP contribution is 2.37. The molecule has 0 saturated carbocycles. The molecule has 0 bridgehead atoms. The lowest BCUT2D eigenvalue weighted by atomic mass is 10.1. The molecule has 0 aromatic heterocycles. The lowest BCUT2D eigenvalue weighted by Gasteiger charge is -2.26. The largest absolute Gasteiger partial charge is 0.312 e. The Bertz CT molecular complexity index is 1030. The summed E-state index contributed by atoms with van der Waals surface area (Å²) in [5.41, 5.74) is 1.11. The highest BCUT2D eigenvalue weighted by molar-refractivity contribution is 8.13. The van der Waals surface area contributed by atoms with Crippen LogP contribution in [0.4, 0.5) is 14.5 Å². The zero-order valence-corrected chi connectivity index (χ0v) is 16.4. The number of anilines is 1. The number of sulfone groups is 1. The number of rotatable bonds is 3. The summed E-state index contributed by atoms with van der Waals surface area (Å²) in [6.45, 7) is 0. The second-order valence-corrected chi connectivity index (χ2v) is 10.0. The Balaban J connectivity index is 1.65. The first kappa shape index (κ1) is 18.7. The van der Waals surface area contributed by atoms with Crippen LogP contribution in [0.5, 0.6) is 0 Å². The fourth-order valence-electron chi connectivity index (χ4n) is 3.37. The monoisotopic (exact) mass is 428 g/mol. The van der Waals surface area contributed by atoms with E-state index in [1.807, 2.05) is 18.2 Å². The maximum absolute atomic E-state index is 14.4. The van der Waals surface area contributed by atoms with Gasteiger partial charge in [0.05, 0.1) is 29.3 Å². The Hall–Kier alpha value is -1.64. The van der Waals surface area contributed by atoms with Crippen molar-refractivity contribution in [3.05, 3.63) is 64.7 Å². The molecular formula is C18H15ClF2N2O2S2. The third kappa shape index (κ3) is 3.83. The quantitative estimate of drug-likeness (QED) is 0.744. The summed E-state index contributed by atoms with van der Waals surface area (Å²) in [5, 5.41) is 1.15. The van der Waals surface area contributed by atoms with Gasteiger partial charge in [-0.2, -0.15) is 0 Å². The van der Waals surface area contributed by atoms with Crippen molar-refractivity contribution in [1.82, 2.24) is 0 Å². The molecule has 4 rings (SSSR count). The van der Waals surface area contributed by atoms with Gasteiger partial charge in [-0.05, 0) is 29.8 Å². The molecule has 2 aromatic rings. The number of nitrogens with zero attached hydrogens (tertiary/aromatic N) is 2. The van der Waals surface area contributed by atoms with E-state index in [1.54, 1.807) is 11.0 Å².